The van der Waals surface area contributed by atoms with Gasteiger partial charge >= 0.3 is 0 Å². The zero-order valence-corrected chi connectivity index (χ0v) is 11.8. The van der Waals surface area contributed by atoms with Crippen LogP contribution in [-0.4, -0.2) is 22.8 Å². The van der Waals surface area contributed by atoms with E-state index in [-0.39, 0.29) is 5.91 Å². The summed E-state index contributed by atoms with van der Waals surface area (Å²) in [5, 5.41) is 1.13. The van der Waals surface area contributed by atoms with Gasteiger partial charge in [-0.15, -0.1) is 0 Å². The van der Waals surface area contributed by atoms with Crippen LogP contribution in [0.15, 0.2) is 42.6 Å². The average molecular weight is 295 g/mol. The summed E-state index contributed by atoms with van der Waals surface area (Å²) in [7, 11) is 1.70. The van der Waals surface area contributed by atoms with Crippen molar-refractivity contribution in [1.29, 1.82) is 0 Å². The number of carbonyl (C=O) groups is 1. The number of aromatic nitrogens is 1. The molecule has 0 radical (unpaired) electrons. The molecule has 0 aliphatic heterocycles. The standard InChI is InChI=1S/C14H12Cl2N2O/c1-18(9-10-4-2-3-5-12(10)16)14(19)13-8-11(15)6-7-17-13/h2-8H,9H2,1H3. The number of rotatable bonds is 3. The van der Waals surface area contributed by atoms with Gasteiger partial charge in [-0.3, -0.25) is 9.78 Å². The lowest BCUT2D eigenvalue weighted by atomic mass is 10.2. The first-order chi connectivity index (χ1) is 9.08. The van der Waals surface area contributed by atoms with Crippen LogP contribution in [-0.2, 0) is 6.54 Å². The second kappa shape index (κ2) is 6.04. The Bertz CT molecular complexity index is 602. The molecule has 0 aliphatic carbocycles. The van der Waals surface area contributed by atoms with Gasteiger partial charge in [0.2, 0.25) is 0 Å². The molecule has 1 heterocycles. The van der Waals surface area contributed by atoms with E-state index in [9.17, 15) is 4.79 Å². The van der Waals surface area contributed by atoms with E-state index in [1.54, 1.807) is 30.1 Å². The summed E-state index contributed by atoms with van der Waals surface area (Å²) < 4.78 is 0. The molecule has 1 aromatic heterocycles. The summed E-state index contributed by atoms with van der Waals surface area (Å²) in [4.78, 5) is 17.7. The fourth-order valence-electron chi connectivity index (χ4n) is 1.67. The highest BCUT2D eigenvalue weighted by Gasteiger charge is 2.14. The molecule has 1 amide bonds. The van der Waals surface area contributed by atoms with E-state index >= 15 is 0 Å². The van der Waals surface area contributed by atoms with Crippen molar-refractivity contribution < 1.29 is 4.79 Å². The quantitative estimate of drug-likeness (QED) is 0.865. The highest BCUT2D eigenvalue weighted by atomic mass is 35.5. The van der Waals surface area contributed by atoms with Crippen LogP contribution in [0, 0.1) is 0 Å². The van der Waals surface area contributed by atoms with E-state index in [0.717, 1.165) is 5.56 Å². The number of halogens is 2. The third kappa shape index (κ3) is 3.46. The second-order valence-corrected chi connectivity index (χ2v) is 4.96. The topological polar surface area (TPSA) is 33.2 Å². The van der Waals surface area contributed by atoms with Gasteiger partial charge in [0.25, 0.3) is 5.91 Å². The van der Waals surface area contributed by atoms with Crippen molar-refractivity contribution in [3.05, 3.63) is 63.9 Å². The Morgan fingerprint density at radius 1 is 1.26 bits per heavy atom. The molecule has 2 aromatic rings. The van der Waals surface area contributed by atoms with Crippen LogP contribution in [0.2, 0.25) is 10.0 Å². The maximum absolute atomic E-state index is 12.2. The molecule has 1 aromatic carbocycles. The number of nitrogens with zero attached hydrogens (tertiary/aromatic N) is 2. The van der Waals surface area contributed by atoms with Crippen LogP contribution < -0.4 is 0 Å². The summed E-state index contributed by atoms with van der Waals surface area (Å²) in [5.74, 6) is -0.192. The molecule has 0 aliphatic rings. The van der Waals surface area contributed by atoms with Gasteiger partial charge in [0.15, 0.2) is 0 Å². The van der Waals surface area contributed by atoms with Crippen LogP contribution in [0.5, 0.6) is 0 Å². The SMILES string of the molecule is CN(Cc1ccccc1Cl)C(=O)c1cc(Cl)ccn1. The number of benzene rings is 1. The summed E-state index contributed by atoms with van der Waals surface area (Å²) in [6.45, 7) is 0.423. The number of amides is 1. The molecule has 2 rings (SSSR count). The van der Waals surface area contributed by atoms with Gasteiger partial charge in [0.05, 0.1) is 0 Å². The largest absolute Gasteiger partial charge is 0.336 e. The van der Waals surface area contributed by atoms with Crippen LogP contribution in [0.25, 0.3) is 0 Å². The summed E-state index contributed by atoms with van der Waals surface area (Å²) in [5.41, 5.74) is 1.21. The lowest BCUT2D eigenvalue weighted by Crippen LogP contribution is -2.27. The maximum atomic E-state index is 12.2. The fraction of sp³-hybridized carbons (Fsp3) is 0.143. The first kappa shape index (κ1) is 13.8. The molecule has 19 heavy (non-hydrogen) atoms. The summed E-state index contributed by atoms with van der Waals surface area (Å²) >= 11 is 11.9. The Balaban J connectivity index is 2.14. The van der Waals surface area contributed by atoms with Crippen molar-refractivity contribution in [1.82, 2.24) is 9.88 Å². The van der Waals surface area contributed by atoms with Gasteiger partial charge < -0.3 is 4.90 Å². The van der Waals surface area contributed by atoms with Gasteiger partial charge in [-0.05, 0) is 23.8 Å². The molecule has 0 unspecified atom stereocenters. The number of carbonyl (C=O) groups excluding carboxylic acids is 1. The molecule has 98 valence electrons. The Morgan fingerprint density at radius 2 is 2.00 bits per heavy atom. The molecule has 0 atom stereocenters. The predicted molar refractivity (Wildman–Crippen MR) is 76.5 cm³/mol. The van der Waals surface area contributed by atoms with Crippen LogP contribution >= 0.6 is 23.2 Å². The van der Waals surface area contributed by atoms with E-state index in [0.29, 0.717) is 22.3 Å². The zero-order chi connectivity index (χ0) is 13.8. The molecular weight excluding hydrogens is 283 g/mol. The molecule has 0 saturated heterocycles. The first-order valence-electron chi connectivity index (χ1n) is 5.68. The van der Waals surface area contributed by atoms with Gasteiger partial charge in [-0.2, -0.15) is 0 Å². The monoisotopic (exact) mass is 294 g/mol. The number of pyridine rings is 1. The molecule has 0 N–H and O–H groups in total. The normalized spacial score (nSPS) is 10.3. The summed E-state index contributed by atoms with van der Waals surface area (Å²) in [6.07, 6.45) is 1.51. The molecular formula is C14H12Cl2N2O. The van der Waals surface area contributed by atoms with Gasteiger partial charge in [0.1, 0.15) is 5.69 Å². The van der Waals surface area contributed by atoms with E-state index in [2.05, 4.69) is 4.98 Å². The second-order valence-electron chi connectivity index (χ2n) is 4.11. The minimum absolute atomic E-state index is 0.192. The Kier molecular flexibility index (Phi) is 4.40. The lowest BCUT2D eigenvalue weighted by Gasteiger charge is -2.17. The van der Waals surface area contributed by atoms with Crippen LogP contribution in [0.3, 0.4) is 0 Å². The molecule has 0 fully saturated rings. The Labute approximate surface area is 121 Å². The number of hydrogen-bond acceptors (Lipinski definition) is 2. The highest BCUT2D eigenvalue weighted by Crippen LogP contribution is 2.17. The van der Waals surface area contributed by atoms with Gasteiger partial charge in [-0.25, -0.2) is 0 Å². The maximum Gasteiger partial charge on any atom is 0.272 e. The number of hydrogen-bond donors (Lipinski definition) is 0. The first-order valence-corrected chi connectivity index (χ1v) is 6.44. The Hall–Kier alpha value is -1.58. The zero-order valence-electron chi connectivity index (χ0n) is 10.3. The van der Waals surface area contributed by atoms with E-state index in [1.807, 2.05) is 18.2 Å². The smallest absolute Gasteiger partial charge is 0.272 e. The van der Waals surface area contributed by atoms with Crippen molar-refractivity contribution in [2.75, 3.05) is 7.05 Å². The predicted octanol–water partition coefficient (Wildman–Crippen LogP) is 3.66. The van der Waals surface area contributed by atoms with Crippen molar-refractivity contribution in [3.8, 4) is 0 Å². The summed E-state index contributed by atoms with van der Waals surface area (Å²) in [6, 6.07) is 10.6. The average Bonchev–Trinajstić information content (AvgIpc) is 2.40. The minimum Gasteiger partial charge on any atom is -0.336 e. The van der Waals surface area contributed by atoms with E-state index in [1.165, 1.54) is 6.20 Å². The van der Waals surface area contributed by atoms with Crippen LogP contribution in [0.1, 0.15) is 16.1 Å². The molecule has 0 bridgehead atoms. The van der Waals surface area contributed by atoms with Gasteiger partial charge in [-0.1, -0.05) is 41.4 Å². The van der Waals surface area contributed by atoms with Crippen molar-refractivity contribution in [3.63, 3.8) is 0 Å². The molecule has 0 spiro atoms. The van der Waals surface area contributed by atoms with Crippen molar-refractivity contribution in [2.45, 2.75) is 6.54 Å². The van der Waals surface area contributed by atoms with Crippen molar-refractivity contribution in [2.24, 2.45) is 0 Å². The van der Waals surface area contributed by atoms with E-state index < -0.39 is 0 Å². The molecule has 0 saturated carbocycles. The van der Waals surface area contributed by atoms with E-state index in [4.69, 9.17) is 23.2 Å². The van der Waals surface area contributed by atoms with Gasteiger partial charge in [0, 0.05) is 29.8 Å². The van der Waals surface area contributed by atoms with Crippen LogP contribution in [0.4, 0.5) is 0 Å². The molecule has 3 nitrogen and oxygen atoms in total. The third-order valence-corrected chi connectivity index (χ3v) is 3.26. The lowest BCUT2D eigenvalue weighted by molar-refractivity contribution is 0.0779. The van der Waals surface area contributed by atoms with Crippen molar-refractivity contribution >= 4 is 29.1 Å². The minimum atomic E-state index is -0.192. The fourth-order valence-corrected chi connectivity index (χ4v) is 2.03. The molecule has 5 heteroatoms. The Morgan fingerprint density at radius 3 is 2.68 bits per heavy atom. The third-order valence-electron chi connectivity index (χ3n) is 2.65. The highest BCUT2D eigenvalue weighted by molar-refractivity contribution is 6.31.